The lowest BCUT2D eigenvalue weighted by Gasteiger charge is -2.37. The molecule has 2 aromatic rings. The molecule has 0 aliphatic carbocycles. The van der Waals surface area contributed by atoms with Crippen LogP contribution in [0.15, 0.2) is 42.5 Å². The average Bonchev–Trinajstić information content (AvgIpc) is 2.75. The first-order valence-electron chi connectivity index (χ1n) is 9.32. The number of methoxy groups -OCH3 is 1. The van der Waals surface area contributed by atoms with Gasteiger partial charge in [0, 0.05) is 37.4 Å². The Labute approximate surface area is 168 Å². The van der Waals surface area contributed by atoms with E-state index >= 15 is 0 Å². The summed E-state index contributed by atoms with van der Waals surface area (Å²) in [5.41, 5.74) is 0.789. The lowest BCUT2D eigenvalue weighted by molar-refractivity contribution is -0.121. The van der Waals surface area contributed by atoms with Crippen molar-refractivity contribution in [2.24, 2.45) is 0 Å². The summed E-state index contributed by atoms with van der Waals surface area (Å²) in [5, 5.41) is 2.87. The molecule has 1 aliphatic rings. The summed E-state index contributed by atoms with van der Waals surface area (Å²) in [6.45, 7) is 3.63. The number of hydrogen-bond acceptors (Lipinski definition) is 4. The van der Waals surface area contributed by atoms with Crippen LogP contribution in [0.25, 0.3) is 0 Å². The second-order valence-electron chi connectivity index (χ2n) is 6.85. The number of hydrogen-bond donors (Lipinski definition) is 1. The van der Waals surface area contributed by atoms with Gasteiger partial charge in [0.1, 0.15) is 5.75 Å². The largest absolute Gasteiger partial charge is 0.497 e. The molecule has 2 aromatic carbocycles. The zero-order valence-corrected chi connectivity index (χ0v) is 16.3. The van der Waals surface area contributed by atoms with Crippen LogP contribution >= 0.6 is 0 Å². The van der Waals surface area contributed by atoms with E-state index < -0.39 is 11.6 Å². The van der Waals surface area contributed by atoms with Gasteiger partial charge in [-0.05, 0) is 49.4 Å². The van der Waals surface area contributed by atoms with E-state index in [9.17, 15) is 18.4 Å². The van der Waals surface area contributed by atoms with Crippen molar-refractivity contribution >= 4 is 17.5 Å². The molecule has 0 aromatic heterocycles. The van der Waals surface area contributed by atoms with Crippen molar-refractivity contribution in [1.82, 2.24) is 9.80 Å². The van der Waals surface area contributed by atoms with Crippen LogP contribution in [-0.4, -0.2) is 60.9 Å². The first kappa shape index (κ1) is 20.7. The highest BCUT2D eigenvalue weighted by molar-refractivity contribution is 5.95. The van der Waals surface area contributed by atoms with Gasteiger partial charge in [-0.2, -0.15) is 0 Å². The monoisotopic (exact) mass is 403 g/mol. The van der Waals surface area contributed by atoms with E-state index in [0.29, 0.717) is 37.6 Å². The SMILES string of the molecule is COc1ccc(NC(=O)C(C)N2CCN(C(=O)c3ccc(F)c(F)c3)CC2)cc1. The predicted molar refractivity (Wildman–Crippen MR) is 105 cm³/mol. The van der Waals surface area contributed by atoms with Gasteiger partial charge in [0.25, 0.3) is 5.91 Å². The summed E-state index contributed by atoms with van der Waals surface area (Å²) < 4.78 is 31.5. The minimum Gasteiger partial charge on any atom is -0.497 e. The number of nitrogens with zero attached hydrogens (tertiary/aromatic N) is 2. The van der Waals surface area contributed by atoms with Crippen LogP contribution in [0.1, 0.15) is 17.3 Å². The molecule has 0 saturated carbocycles. The summed E-state index contributed by atoms with van der Waals surface area (Å²) in [6, 6.07) is 9.82. The number of benzene rings is 2. The number of carbonyl (C=O) groups excluding carboxylic acids is 2. The highest BCUT2D eigenvalue weighted by atomic mass is 19.2. The van der Waals surface area contributed by atoms with Gasteiger partial charge in [-0.1, -0.05) is 0 Å². The van der Waals surface area contributed by atoms with E-state index in [4.69, 9.17) is 4.74 Å². The van der Waals surface area contributed by atoms with E-state index in [1.54, 1.807) is 36.3 Å². The molecule has 6 nitrogen and oxygen atoms in total. The zero-order chi connectivity index (χ0) is 21.0. The van der Waals surface area contributed by atoms with Crippen LogP contribution in [0.5, 0.6) is 5.75 Å². The van der Waals surface area contributed by atoms with Crippen LogP contribution in [0, 0.1) is 11.6 Å². The molecular weight excluding hydrogens is 380 g/mol. The highest BCUT2D eigenvalue weighted by Crippen LogP contribution is 2.17. The number of nitrogens with one attached hydrogen (secondary N) is 1. The Morgan fingerprint density at radius 1 is 1.00 bits per heavy atom. The zero-order valence-electron chi connectivity index (χ0n) is 16.3. The molecule has 0 bridgehead atoms. The molecule has 1 atom stereocenters. The summed E-state index contributed by atoms with van der Waals surface area (Å²) in [7, 11) is 1.58. The second-order valence-corrected chi connectivity index (χ2v) is 6.85. The molecule has 2 amide bonds. The van der Waals surface area contributed by atoms with Crippen LogP contribution in [0.4, 0.5) is 14.5 Å². The number of halogens is 2. The van der Waals surface area contributed by atoms with Gasteiger partial charge in [-0.3, -0.25) is 14.5 Å². The van der Waals surface area contributed by atoms with Gasteiger partial charge < -0.3 is 15.0 Å². The number of amides is 2. The molecule has 154 valence electrons. The second kappa shape index (κ2) is 9.00. The van der Waals surface area contributed by atoms with Gasteiger partial charge in [0.2, 0.25) is 5.91 Å². The van der Waals surface area contributed by atoms with Crippen LogP contribution in [0.2, 0.25) is 0 Å². The molecule has 3 rings (SSSR count). The number of piperazine rings is 1. The summed E-state index contributed by atoms with van der Waals surface area (Å²) in [6.07, 6.45) is 0. The third kappa shape index (κ3) is 4.89. The summed E-state index contributed by atoms with van der Waals surface area (Å²) in [4.78, 5) is 28.6. The Bertz CT molecular complexity index is 881. The lowest BCUT2D eigenvalue weighted by Crippen LogP contribution is -2.54. The Kier molecular flexibility index (Phi) is 6.43. The molecule has 1 heterocycles. The van der Waals surface area contributed by atoms with Gasteiger partial charge in [-0.25, -0.2) is 8.78 Å². The Morgan fingerprint density at radius 3 is 2.24 bits per heavy atom. The predicted octanol–water partition coefficient (Wildman–Crippen LogP) is 2.76. The fourth-order valence-corrected chi connectivity index (χ4v) is 3.21. The fraction of sp³-hybridized carbons (Fsp3) is 0.333. The van der Waals surface area contributed by atoms with Gasteiger partial charge >= 0.3 is 0 Å². The number of anilines is 1. The minimum absolute atomic E-state index is 0.114. The quantitative estimate of drug-likeness (QED) is 0.834. The maximum Gasteiger partial charge on any atom is 0.254 e. The molecule has 8 heteroatoms. The van der Waals surface area contributed by atoms with E-state index in [1.165, 1.54) is 6.07 Å². The molecular formula is C21H23F2N3O3. The summed E-state index contributed by atoms with van der Waals surface area (Å²) >= 11 is 0. The molecule has 1 fully saturated rings. The first-order valence-corrected chi connectivity index (χ1v) is 9.32. The van der Waals surface area contributed by atoms with E-state index in [0.717, 1.165) is 12.1 Å². The highest BCUT2D eigenvalue weighted by Gasteiger charge is 2.28. The normalized spacial score (nSPS) is 15.7. The smallest absolute Gasteiger partial charge is 0.254 e. The van der Waals surface area contributed by atoms with Crippen molar-refractivity contribution in [1.29, 1.82) is 0 Å². The average molecular weight is 403 g/mol. The molecule has 1 N–H and O–H groups in total. The van der Waals surface area contributed by atoms with E-state index in [1.807, 2.05) is 11.8 Å². The van der Waals surface area contributed by atoms with Gasteiger partial charge in [0.05, 0.1) is 13.2 Å². The minimum atomic E-state index is -1.04. The van der Waals surface area contributed by atoms with Crippen molar-refractivity contribution in [2.45, 2.75) is 13.0 Å². The maximum absolute atomic E-state index is 13.4. The molecule has 1 saturated heterocycles. The fourth-order valence-electron chi connectivity index (χ4n) is 3.21. The molecule has 1 aliphatic heterocycles. The van der Waals surface area contributed by atoms with Crippen molar-refractivity contribution in [3.05, 3.63) is 59.7 Å². The van der Waals surface area contributed by atoms with Crippen molar-refractivity contribution < 1.29 is 23.1 Å². The van der Waals surface area contributed by atoms with Crippen LogP contribution < -0.4 is 10.1 Å². The van der Waals surface area contributed by atoms with Crippen molar-refractivity contribution in [2.75, 3.05) is 38.6 Å². The van der Waals surface area contributed by atoms with Crippen LogP contribution in [0.3, 0.4) is 0 Å². The third-order valence-electron chi connectivity index (χ3n) is 5.05. The van der Waals surface area contributed by atoms with Gasteiger partial charge in [0.15, 0.2) is 11.6 Å². The molecule has 0 spiro atoms. The van der Waals surface area contributed by atoms with E-state index in [-0.39, 0.29) is 23.4 Å². The third-order valence-corrected chi connectivity index (χ3v) is 5.05. The molecule has 1 unspecified atom stereocenters. The van der Waals surface area contributed by atoms with Crippen LogP contribution in [-0.2, 0) is 4.79 Å². The lowest BCUT2D eigenvalue weighted by atomic mass is 10.1. The topological polar surface area (TPSA) is 61.9 Å². The standard InChI is InChI=1S/C21H23F2N3O3/c1-14(20(27)24-16-4-6-17(29-2)7-5-16)25-9-11-26(12-10-25)21(28)15-3-8-18(22)19(23)13-15/h3-8,13-14H,9-12H2,1-2H3,(H,24,27). The molecule has 29 heavy (non-hydrogen) atoms. The number of rotatable bonds is 5. The maximum atomic E-state index is 13.4. The Morgan fingerprint density at radius 2 is 1.66 bits per heavy atom. The van der Waals surface area contributed by atoms with Crippen molar-refractivity contribution in [3.8, 4) is 5.75 Å². The Balaban J connectivity index is 1.54. The Hall–Kier alpha value is -3.00. The van der Waals surface area contributed by atoms with Gasteiger partial charge in [-0.15, -0.1) is 0 Å². The number of carbonyl (C=O) groups is 2. The summed E-state index contributed by atoms with van der Waals surface area (Å²) in [5.74, 6) is -1.81. The van der Waals surface area contributed by atoms with Crippen molar-refractivity contribution in [3.63, 3.8) is 0 Å². The first-order chi connectivity index (χ1) is 13.9. The molecule has 0 radical (unpaired) electrons. The van der Waals surface area contributed by atoms with E-state index in [2.05, 4.69) is 5.32 Å². The number of ether oxygens (including phenoxy) is 1.